The predicted molar refractivity (Wildman–Crippen MR) is 87.0 cm³/mol. The number of carbonyl (C=O) groups excluding carboxylic acids is 2. The van der Waals surface area contributed by atoms with Crippen LogP contribution >= 0.6 is 0 Å². The van der Waals surface area contributed by atoms with Crippen LogP contribution in [-0.2, 0) is 20.9 Å². The Bertz CT molecular complexity index is 570. The van der Waals surface area contributed by atoms with Gasteiger partial charge in [0.05, 0.1) is 13.2 Å². The Morgan fingerprint density at radius 1 is 1.00 bits per heavy atom. The number of ether oxygens (including phenoxy) is 1. The summed E-state index contributed by atoms with van der Waals surface area (Å²) in [5, 5.41) is 3.34. The third-order valence-electron chi connectivity index (χ3n) is 4.34. The number of fused-ring (bicyclic) bond motifs is 1. The van der Waals surface area contributed by atoms with Crippen LogP contribution in [0.4, 0.5) is 5.69 Å². The Balaban J connectivity index is 1.53. The van der Waals surface area contributed by atoms with Crippen molar-refractivity contribution >= 4 is 17.5 Å². The maximum Gasteiger partial charge on any atom is 0.223 e. The molecule has 2 aliphatic rings. The van der Waals surface area contributed by atoms with E-state index in [0.717, 1.165) is 17.8 Å². The average Bonchev–Trinajstić information content (AvgIpc) is 2.82. The molecule has 1 saturated heterocycles. The van der Waals surface area contributed by atoms with Crippen LogP contribution in [0.5, 0.6) is 0 Å². The summed E-state index contributed by atoms with van der Waals surface area (Å²) < 4.78 is 5.24. The fourth-order valence-corrected chi connectivity index (χ4v) is 3.00. The molecule has 1 N–H and O–H groups in total. The lowest BCUT2D eigenvalue weighted by molar-refractivity contribution is -0.139. The van der Waals surface area contributed by atoms with Crippen LogP contribution in [0.1, 0.15) is 18.4 Å². The van der Waals surface area contributed by atoms with Gasteiger partial charge in [-0.05, 0) is 11.6 Å². The SMILES string of the molecule is O=C(CCC(=O)N1CCNc2ccccc2C1)N1CCOCC1. The predicted octanol–water partition coefficient (Wildman–Crippen LogP) is 1.08. The molecule has 6 nitrogen and oxygen atoms in total. The van der Waals surface area contributed by atoms with Crippen LogP contribution in [-0.4, -0.2) is 61.0 Å². The normalized spacial score (nSPS) is 17.9. The van der Waals surface area contributed by atoms with Crippen molar-refractivity contribution in [1.82, 2.24) is 9.80 Å². The first-order chi connectivity index (χ1) is 11.2. The molecule has 2 heterocycles. The first-order valence-electron chi connectivity index (χ1n) is 8.19. The van der Waals surface area contributed by atoms with Gasteiger partial charge in [0, 0.05) is 51.3 Å². The molecular weight excluding hydrogens is 294 g/mol. The van der Waals surface area contributed by atoms with Gasteiger partial charge in [-0.15, -0.1) is 0 Å². The number of hydrogen-bond donors (Lipinski definition) is 1. The summed E-state index contributed by atoms with van der Waals surface area (Å²) in [7, 11) is 0. The molecule has 1 aromatic carbocycles. The smallest absolute Gasteiger partial charge is 0.223 e. The molecule has 0 spiro atoms. The highest BCUT2D eigenvalue weighted by Crippen LogP contribution is 2.20. The third kappa shape index (κ3) is 4.01. The molecule has 0 aromatic heterocycles. The molecule has 0 saturated carbocycles. The third-order valence-corrected chi connectivity index (χ3v) is 4.34. The first-order valence-corrected chi connectivity index (χ1v) is 8.19. The zero-order valence-electron chi connectivity index (χ0n) is 13.3. The summed E-state index contributed by atoms with van der Waals surface area (Å²) >= 11 is 0. The number of carbonyl (C=O) groups is 2. The minimum atomic E-state index is 0.0464. The van der Waals surface area contributed by atoms with Crippen molar-refractivity contribution in [3.63, 3.8) is 0 Å². The van der Waals surface area contributed by atoms with Gasteiger partial charge in [0.25, 0.3) is 0 Å². The monoisotopic (exact) mass is 317 g/mol. The molecule has 1 aromatic rings. The maximum atomic E-state index is 12.5. The number of anilines is 1. The van der Waals surface area contributed by atoms with Crippen molar-refractivity contribution in [2.24, 2.45) is 0 Å². The minimum Gasteiger partial charge on any atom is -0.383 e. The summed E-state index contributed by atoms with van der Waals surface area (Å²) in [4.78, 5) is 28.2. The first kappa shape index (κ1) is 15.8. The lowest BCUT2D eigenvalue weighted by Gasteiger charge is -2.27. The lowest BCUT2D eigenvalue weighted by atomic mass is 10.1. The van der Waals surface area contributed by atoms with E-state index in [0.29, 0.717) is 39.4 Å². The van der Waals surface area contributed by atoms with Gasteiger partial charge in [-0.25, -0.2) is 0 Å². The van der Waals surface area contributed by atoms with Gasteiger partial charge in [0.1, 0.15) is 0 Å². The number of hydrogen-bond acceptors (Lipinski definition) is 4. The van der Waals surface area contributed by atoms with Gasteiger partial charge >= 0.3 is 0 Å². The topological polar surface area (TPSA) is 61.9 Å². The minimum absolute atomic E-state index is 0.0464. The molecule has 124 valence electrons. The van der Waals surface area contributed by atoms with Crippen molar-refractivity contribution in [2.75, 3.05) is 44.7 Å². The number of rotatable bonds is 3. The second-order valence-electron chi connectivity index (χ2n) is 5.89. The molecule has 0 unspecified atom stereocenters. The maximum absolute atomic E-state index is 12.5. The molecule has 0 radical (unpaired) electrons. The molecular formula is C17H23N3O3. The van der Waals surface area contributed by atoms with E-state index in [1.165, 1.54) is 0 Å². The van der Waals surface area contributed by atoms with E-state index in [9.17, 15) is 9.59 Å². The molecule has 6 heteroatoms. The Morgan fingerprint density at radius 3 is 2.48 bits per heavy atom. The summed E-state index contributed by atoms with van der Waals surface area (Å²) in [6.07, 6.45) is 0.558. The number of nitrogens with zero attached hydrogens (tertiary/aromatic N) is 2. The Hall–Kier alpha value is -2.08. The van der Waals surface area contributed by atoms with Gasteiger partial charge in [-0.3, -0.25) is 9.59 Å². The quantitative estimate of drug-likeness (QED) is 0.906. The van der Waals surface area contributed by atoms with E-state index in [4.69, 9.17) is 4.74 Å². The number of para-hydroxylation sites is 1. The molecule has 1 fully saturated rings. The van der Waals surface area contributed by atoms with Gasteiger partial charge in [-0.2, -0.15) is 0 Å². The Morgan fingerprint density at radius 2 is 1.70 bits per heavy atom. The fourth-order valence-electron chi connectivity index (χ4n) is 3.00. The summed E-state index contributed by atoms with van der Waals surface area (Å²) in [5.41, 5.74) is 2.21. The number of benzene rings is 1. The summed E-state index contributed by atoms with van der Waals surface area (Å²) in [6.45, 7) is 4.46. The zero-order chi connectivity index (χ0) is 16.1. The summed E-state index contributed by atoms with van der Waals surface area (Å²) in [5.74, 6) is 0.0973. The number of morpholine rings is 1. The molecule has 2 amide bonds. The van der Waals surface area contributed by atoms with E-state index in [1.54, 1.807) is 4.90 Å². The van der Waals surface area contributed by atoms with Crippen LogP contribution in [0.15, 0.2) is 24.3 Å². The molecule has 2 aliphatic heterocycles. The molecule has 3 rings (SSSR count). The molecule has 0 atom stereocenters. The van der Waals surface area contributed by atoms with Crippen LogP contribution < -0.4 is 5.32 Å². The average molecular weight is 317 g/mol. The molecule has 23 heavy (non-hydrogen) atoms. The van der Waals surface area contributed by atoms with Crippen molar-refractivity contribution in [3.8, 4) is 0 Å². The second kappa shape index (κ2) is 7.46. The fraction of sp³-hybridized carbons (Fsp3) is 0.529. The van der Waals surface area contributed by atoms with Crippen molar-refractivity contribution in [1.29, 1.82) is 0 Å². The van der Waals surface area contributed by atoms with Crippen molar-refractivity contribution < 1.29 is 14.3 Å². The zero-order valence-corrected chi connectivity index (χ0v) is 13.3. The van der Waals surface area contributed by atoms with E-state index in [-0.39, 0.29) is 24.7 Å². The highest BCUT2D eigenvalue weighted by Gasteiger charge is 2.21. The van der Waals surface area contributed by atoms with Crippen LogP contribution in [0, 0.1) is 0 Å². The van der Waals surface area contributed by atoms with Gasteiger partial charge in [0.15, 0.2) is 0 Å². The Labute approximate surface area is 136 Å². The standard InChI is InChI=1S/C17H23N3O3/c21-16(19-9-11-23-12-10-19)5-6-17(22)20-8-7-18-15-4-2-1-3-14(15)13-20/h1-4,18H,5-13H2. The van der Waals surface area contributed by atoms with Crippen molar-refractivity contribution in [2.45, 2.75) is 19.4 Å². The van der Waals surface area contributed by atoms with E-state index >= 15 is 0 Å². The highest BCUT2D eigenvalue weighted by molar-refractivity contribution is 5.84. The van der Waals surface area contributed by atoms with Crippen molar-refractivity contribution in [3.05, 3.63) is 29.8 Å². The number of amides is 2. The largest absolute Gasteiger partial charge is 0.383 e. The van der Waals surface area contributed by atoms with Gasteiger partial charge < -0.3 is 19.9 Å². The second-order valence-corrected chi connectivity index (χ2v) is 5.89. The highest BCUT2D eigenvalue weighted by atomic mass is 16.5. The van der Waals surface area contributed by atoms with Crippen LogP contribution in [0.25, 0.3) is 0 Å². The summed E-state index contributed by atoms with van der Waals surface area (Å²) in [6, 6.07) is 8.04. The van der Waals surface area contributed by atoms with E-state index in [2.05, 4.69) is 5.32 Å². The van der Waals surface area contributed by atoms with Crippen LogP contribution in [0.3, 0.4) is 0 Å². The van der Waals surface area contributed by atoms with E-state index < -0.39 is 0 Å². The van der Waals surface area contributed by atoms with Crippen LogP contribution in [0.2, 0.25) is 0 Å². The van der Waals surface area contributed by atoms with Gasteiger partial charge in [-0.1, -0.05) is 18.2 Å². The lowest BCUT2D eigenvalue weighted by Crippen LogP contribution is -2.41. The Kier molecular flexibility index (Phi) is 5.12. The van der Waals surface area contributed by atoms with Gasteiger partial charge in [0.2, 0.25) is 11.8 Å². The number of nitrogens with one attached hydrogen (secondary N) is 1. The van der Waals surface area contributed by atoms with E-state index in [1.807, 2.05) is 29.2 Å². The molecule has 0 aliphatic carbocycles. The molecule has 0 bridgehead atoms.